The number of ether oxygens (including phenoxy) is 1. The van der Waals surface area contributed by atoms with Gasteiger partial charge >= 0.3 is 0 Å². The van der Waals surface area contributed by atoms with Crippen LogP contribution in [0.25, 0.3) is 0 Å². The second-order valence-corrected chi connectivity index (χ2v) is 6.16. The molecule has 118 valence electrons. The lowest BCUT2D eigenvalue weighted by atomic mass is 9.83. The quantitative estimate of drug-likeness (QED) is 0.804. The van der Waals surface area contributed by atoms with E-state index in [4.69, 9.17) is 4.74 Å². The molecule has 0 saturated heterocycles. The Kier molecular flexibility index (Phi) is 5.79. The number of methoxy groups -OCH3 is 1. The standard InChI is InChI=1S/C16H28N4O/c1-4-10-17-13-11-14(19-15(18-13)12-21-3)20-16(2)8-6-5-7-9-16/h11H,4-10,12H2,1-3H3,(H2,17,18,19,20). The average molecular weight is 292 g/mol. The number of nitrogens with zero attached hydrogens (tertiary/aromatic N) is 2. The largest absolute Gasteiger partial charge is 0.377 e. The van der Waals surface area contributed by atoms with Gasteiger partial charge in [-0.2, -0.15) is 0 Å². The molecule has 2 rings (SSSR count). The van der Waals surface area contributed by atoms with Crippen LogP contribution in [0.2, 0.25) is 0 Å². The Labute approximate surface area is 127 Å². The summed E-state index contributed by atoms with van der Waals surface area (Å²) in [6, 6.07) is 2.01. The summed E-state index contributed by atoms with van der Waals surface area (Å²) >= 11 is 0. The fraction of sp³-hybridized carbons (Fsp3) is 0.750. The Morgan fingerprint density at radius 1 is 1.19 bits per heavy atom. The third kappa shape index (κ3) is 4.84. The van der Waals surface area contributed by atoms with Gasteiger partial charge in [-0.05, 0) is 26.2 Å². The molecule has 1 aromatic heterocycles. The molecule has 0 spiro atoms. The molecule has 0 atom stereocenters. The third-order valence-corrected chi connectivity index (χ3v) is 3.99. The summed E-state index contributed by atoms with van der Waals surface area (Å²) in [6.45, 7) is 5.79. The number of hydrogen-bond donors (Lipinski definition) is 2. The Hall–Kier alpha value is -1.36. The van der Waals surface area contributed by atoms with Crippen molar-refractivity contribution < 1.29 is 4.74 Å². The maximum atomic E-state index is 5.18. The van der Waals surface area contributed by atoms with E-state index in [0.29, 0.717) is 6.61 Å². The van der Waals surface area contributed by atoms with Gasteiger partial charge in [-0.3, -0.25) is 0 Å². The van der Waals surface area contributed by atoms with Crippen LogP contribution in [0.5, 0.6) is 0 Å². The average Bonchev–Trinajstić information content (AvgIpc) is 2.45. The van der Waals surface area contributed by atoms with Crippen LogP contribution in [0.3, 0.4) is 0 Å². The zero-order valence-electron chi connectivity index (χ0n) is 13.5. The Bertz CT molecular complexity index is 444. The molecule has 1 aromatic rings. The van der Waals surface area contributed by atoms with Crippen molar-refractivity contribution in [3.8, 4) is 0 Å². The predicted molar refractivity (Wildman–Crippen MR) is 86.6 cm³/mol. The van der Waals surface area contributed by atoms with Crippen LogP contribution < -0.4 is 10.6 Å². The van der Waals surface area contributed by atoms with Crippen molar-refractivity contribution in [2.24, 2.45) is 0 Å². The lowest BCUT2D eigenvalue weighted by Crippen LogP contribution is -2.37. The fourth-order valence-electron chi connectivity index (χ4n) is 2.86. The SMILES string of the molecule is CCCNc1cc(NC2(C)CCCCC2)nc(COC)n1. The van der Waals surface area contributed by atoms with E-state index in [9.17, 15) is 0 Å². The van der Waals surface area contributed by atoms with E-state index in [-0.39, 0.29) is 5.54 Å². The highest BCUT2D eigenvalue weighted by molar-refractivity contribution is 5.49. The summed E-state index contributed by atoms with van der Waals surface area (Å²) < 4.78 is 5.18. The summed E-state index contributed by atoms with van der Waals surface area (Å²) in [5, 5.41) is 6.96. The van der Waals surface area contributed by atoms with E-state index in [1.807, 2.05) is 6.07 Å². The molecule has 1 fully saturated rings. The van der Waals surface area contributed by atoms with Gasteiger partial charge in [0.05, 0.1) is 0 Å². The summed E-state index contributed by atoms with van der Waals surface area (Å²) in [6.07, 6.45) is 7.41. The van der Waals surface area contributed by atoms with Crippen molar-refractivity contribution in [1.29, 1.82) is 0 Å². The third-order valence-electron chi connectivity index (χ3n) is 3.99. The maximum absolute atomic E-state index is 5.18. The van der Waals surface area contributed by atoms with E-state index in [2.05, 4.69) is 34.4 Å². The van der Waals surface area contributed by atoms with Crippen molar-refractivity contribution in [3.63, 3.8) is 0 Å². The first-order valence-corrected chi connectivity index (χ1v) is 8.04. The van der Waals surface area contributed by atoms with Gasteiger partial charge in [0.2, 0.25) is 0 Å². The summed E-state index contributed by atoms with van der Waals surface area (Å²) in [5.74, 6) is 2.50. The van der Waals surface area contributed by atoms with E-state index in [0.717, 1.165) is 30.4 Å². The maximum Gasteiger partial charge on any atom is 0.158 e. The Morgan fingerprint density at radius 2 is 1.90 bits per heavy atom. The molecule has 1 heterocycles. The molecule has 1 saturated carbocycles. The normalized spacial score (nSPS) is 17.5. The first kappa shape index (κ1) is 16.0. The van der Waals surface area contributed by atoms with Gasteiger partial charge in [-0.15, -0.1) is 0 Å². The van der Waals surface area contributed by atoms with Crippen LogP contribution in [-0.2, 0) is 11.3 Å². The summed E-state index contributed by atoms with van der Waals surface area (Å²) in [7, 11) is 1.67. The molecular formula is C16H28N4O. The van der Waals surface area contributed by atoms with Crippen molar-refractivity contribution in [3.05, 3.63) is 11.9 Å². The van der Waals surface area contributed by atoms with Gasteiger partial charge in [-0.25, -0.2) is 9.97 Å². The first-order chi connectivity index (χ1) is 10.1. The van der Waals surface area contributed by atoms with Gasteiger partial charge in [0.25, 0.3) is 0 Å². The van der Waals surface area contributed by atoms with Crippen LogP contribution in [0.15, 0.2) is 6.07 Å². The predicted octanol–water partition coefficient (Wildman–Crippen LogP) is 3.58. The Balaban J connectivity index is 2.14. The number of anilines is 2. The minimum atomic E-state index is 0.152. The zero-order valence-corrected chi connectivity index (χ0v) is 13.5. The Morgan fingerprint density at radius 3 is 2.57 bits per heavy atom. The number of hydrogen-bond acceptors (Lipinski definition) is 5. The van der Waals surface area contributed by atoms with Gasteiger partial charge in [0.1, 0.15) is 18.2 Å². The smallest absolute Gasteiger partial charge is 0.158 e. The molecule has 1 aliphatic carbocycles. The minimum absolute atomic E-state index is 0.152. The lowest BCUT2D eigenvalue weighted by molar-refractivity contribution is 0.178. The van der Waals surface area contributed by atoms with E-state index < -0.39 is 0 Å². The highest BCUT2D eigenvalue weighted by Crippen LogP contribution is 2.31. The van der Waals surface area contributed by atoms with E-state index >= 15 is 0 Å². The molecule has 0 aliphatic heterocycles. The van der Waals surface area contributed by atoms with Crippen molar-refractivity contribution in [2.75, 3.05) is 24.3 Å². The van der Waals surface area contributed by atoms with E-state index in [1.54, 1.807) is 7.11 Å². The molecule has 0 radical (unpaired) electrons. The van der Waals surface area contributed by atoms with Gasteiger partial charge < -0.3 is 15.4 Å². The molecule has 0 amide bonds. The minimum Gasteiger partial charge on any atom is -0.377 e. The molecule has 21 heavy (non-hydrogen) atoms. The van der Waals surface area contributed by atoms with Crippen LogP contribution in [0.1, 0.15) is 58.2 Å². The molecule has 0 aromatic carbocycles. The number of aromatic nitrogens is 2. The van der Waals surface area contributed by atoms with Crippen molar-refractivity contribution in [2.45, 2.75) is 64.5 Å². The molecule has 1 aliphatic rings. The van der Waals surface area contributed by atoms with Gasteiger partial charge in [0.15, 0.2) is 5.82 Å². The van der Waals surface area contributed by atoms with E-state index in [1.165, 1.54) is 32.1 Å². The fourth-order valence-corrected chi connectivity index (χ4v) is 2.86. The topological polar surface area (TPSA) is 59.1 Å². The highest BCUT2D eigenvalue weighted by Gasteiger charge is 2.27. The second kappa shape index (κ2) is 7.59. The molecule has 5 nitrogen and oxygen atoms in total. The van der Waals surface area contributed by atoms with Gasteiger partial charge in [-0.1, -0.05) is 26.2 Å². The zero-order chi connectivity index (χ0) is 15.1. The molecule has 5 heteroatoms. The second-order valence-electron chi connectivity index (χ2n) is 6.16. The number of nitrogens with one attached hydrogen (secondary N) is 2. The lowest BCUT2D eigenvalue weighted by Gasteiger charge is -2.35. The summed E-state index contributed by atoms with van der Waals surface area (Å²) in [4.78, 5) is 9.07. The molecule has 2 N–H and O–H groups in total. The monoisotopic (exact) mass is 292 g/mol. The highest BCUT2D eigenvalue weighted by atomic mass is 16.5. The van der Waals surface area contributed by atoms with Crippen LogP contribution in [0, 0.1) is 0 Å². The van der Waals surface area contributed by atoms with Gasteiger partial charge in [0, 0.05) is 25.3 Å². The van der Waals surface area contributed by atoms with Crippen molar-refractivity contribution >= 4 is 11.6 Å². The number of rotatable bonds is 7. The van der Waals surface area contributed by atoms with Crippen LogP contribution >= 0.6 is 0 Å². The molecular weight excluding hydrogens is 264 g/mol. The molecule has 0 unspecified atom stereocenters. The first-order valence-electron chi connectivity index (χ1n) is 8.04. The summed E-state index contributed by atoms with van der Waals surface area (Å²) in [5.41, 5.74) is 0.152. The van der Waals surface area contributed by atoms with Crippen LogP contribution in [-0.4, -0.2) is 29.2 Å². The van der Waals surface area contributed by atoms with Crippen LogP contribution in [0.4, 0.5) is 11.6 Å². The van der Waals surface area contributed by atoms with Crippen molar-refractivity contribution in [1.82, 2.24) is 9.97 Å². The molecule has 0 bridgehead atoms.